The summed E-state index contributed by atoms with van der Waals surface area (Å²) in [5, 5.41) is 5.78. The zero-order chi connectivity index (χ0) is 23.6. The molecule has 0 atom stereocenters. The minimum absolute atomic E-state index is 0.0581. The molecule has 1 aliphatic rings. The Hall–Kier alpha value is -3.01. The number of anilines is 1. The van der Waals surface area contributed by atoms with Gasteiger partial charge in [-0.05, 0) is 56.5 Å². The third-order valence-electron chi connectivity index (χ3n) is 5.22. The summed E-state index contributed by atoms with van der Waals surface area (Å²) in [6.45, 7) is 6.45. The number of piperazine rings is 1. The third kappa shape index (κ3) is 7.24. The van der Waals surface area contributed by atoms with Crippen molar-refractivity contribution in [3.8, 4) is 5.75 Å². The fourth-order valence-corrected chi connectivity index (χ4v) is 3.58. The molecule has 0 unspecified atom stereocenters. The van der Waals surface area contributed by atoms with Crippen LogP contribution in [0.3, 0.4) is 0 Å². The maximum Gasteiger partial charge on any atom is 0.257 e. The number of benzene rings is 2. The van der Waals surface area contributed by atoms with Crippen LogP contribution in [-0.4, -0.2) is 79.8 Å². The van der Waals surface area contributed by atoms with Crippen molar-refractivity contribution in [2.75, 3.05) is 58.4 Å². The van der Waals surface area contributed by atoms with Gasteiger partial charge in [-0.3, -0.25) is 14.9 Å². The summed E-state index contributed by atoms with van der Waals surface area (Å²) in [7, 11) is 2.04. The lowest BCUT2D eigenvalue weighted by molar-refractivity contribution is 0.0665. The van der Waals surface area contributed by atoms with E-state index in [0.29, 0.717) is 55.5 Å². The van der Waals surface area contributed by atoms with Gasteiger partial charge in [0.25, 0.3) is 11.8 Å². The van der Waals surface area contributed by atoms with Crippen LogP contribution in [0.25, 0.3) is 0 Å². The van der Waals surface area contributed by atoms with Gasteiger partial charge in [-0.2, -0.15) is 0 Å². The van der Waals surface area contributed by atoms with E-state index < -0.39 is 0 Å². The Morgan fingerprint density at radius 2 is 1.79 bits per heavy atom. The molecule has 33 heavy (non-hydrogen) atoms. The van der Waals surface area contributed by atoms with Gasteiger partial charge >= 0.3 is 0 Å². The SMILES string of the molecule is CCOCCOc1cccc(C(=O)NC(=S)Nc2ccccc2C(=O)N2CCN(C)CC2)c1. The summed E-state index contributed by atoms with van der Waals surface area (Å²) in [6, 6.07) is 14.0. The van der Waals surface area contributed by atoms with Crippen LogP contribution in [0.1, 0.15) is 27.6 Å². The fraction of sp³-hybridized carbons (Fsp3) is 0.375. The van der Waals surface area contributed by atoms with Gasteiger partial charge in [0.2, 0.25) is 0 Å². The first kappa shape index (κ1) is 24.6. The molecular weight excluding hydrogens is 440 g/mol. The largest absolute Gasteiger partial charge is 0.491 e. The number of nitrogens with one attached hydrogen (secondary N) is 2. The number of likely N-dealkylation sites (N-methyl/N-ethyl adjacent to an activating group) is 1. The van der Waals surface area contributed by atoms with E-state index in [4.69, 9.17) is 21.7 Å². The Balaban J connectivity index is 1.60. The van der Waals surface area contributed by atoms with E-state index in [0.717, 1.165) is 13.1 Å². The Kier molecular flexibility index (Phi) is 9.17. The van der Waals surface area contributed by atoms with Gasteiger partial charge in [-0.25, -0.2) is 0 Å². The molecule has 0 saturated carbocycles. The molecule has 2 aromatic rings. The molecule has 3 rings (SSSR count). The first-order valence-corrected chi connectivity index (χ1v) is 11.4. The highest BCUT2D eigenvalue weighted by Gasteiger charge is 2.22. The predicted octanol–water partition coefficient (Wildman–Crippen LogP) is 2.62. The van der Waals surface area contributed by atoms with Crippen LogP contribution in [0.4, 0.5) is 5.69 Å². The summed E-state index contributed by atoms with van der Waals surface area (Å²) < 4.78 is 10.9. The number of thiocarbonyl (C=S) groups is 1. The zero-order valence-corrected chi connectivity index (χ0v) is 19.8. The van der Waals surface area contributed by atoms with E-state index in [2.05, 4.69) is 15.5 Å². The number of carbonyl (C=O) groups is 2. The molecule has 1 fully saturated rings. The van der Waals surface area contributed by atoms with Crippen LogP contribution in [0.15, 0.2) is 48.5 Å². The minimum atomic E-state index is -0.370. The standard InChI is InChI=1S/C24H30N4O4S/c1-3-31-15-16-32-19-8-6-7-18(17-19)22(29)26-24(33)25-21-10-5-4-9-20(21)23(30)28-13-11-27(2)12-14-28/h4-10,17H,3,11-16H2,1-2H3,(H2,25,26,29,33). The quantitative estimate of drug-likeness (QED) is 0.453. The molecule has 8 nitrogen and oxygen atoms in total. The molecule has 0 bridgehead atoms. The van der Waals surface area contributed by atoms with Crippen molar-refractivity contribution in [2.24, 2.45) is 0 Å². The van der Waals surface area contributed by atoms with Crippen molar-refractivity contribution in [1.82, 2.24) is 15.1 Å². The third-order valence-corrected chi connectivity index (χ3v) is 5.42. The molecule has 0 aliphatic carbocycles. The molecule has 1 aliphatic heterocycles. The van der Waals surface area contributed by atoms with Gasteiger partial charge in [0.05, 0.1) is 17.9 Å². The van der Waals surface area contributed by atoms with E-state index in [1.807, 2.05) is 31.0 Å². The smallest absolute Gasteiger partial charge is 0.257 e. The normalized spacial score (nSPS) is 13.9. The highest BCUT2D eigenvalue weighted by atomic mass is 32.1. The molecule has 0 radical (unpaired) electrons. The van der Waals surface area contributed by atoms with Crippen molar-refractivity contribution >= 4 is 34.8 Å². The lowest BCUT2D eigenvalue weighted by Gasteiger charge is -2.32. The van der Waals surface area contributed by atoms with Crippen LogP contribution in [-0.2, 0) is 4.74 Å². The summed E-state index contributed by atoms with van der Waals surface area (Å²) in [6.07, 6.45) is 0. The highest BCUT2D eigenvalue weighted by Crippen LogP contribution is 2.19. The molecule has 1 heterocycles. The lowest BCUT2D eigenvalue weighted by atomic mass is 10.1. The summed E-state index contributed by atoms with van der Waals surface area (Å²) in [4.78, 5) is 29.7. The average Bonchev–Trinajstić information content (AvgIpc) is 2.82. The van der Waals surface area contributed by atoms with Gasteiger partial charge in [0.15, 0.2) is 5.11 Å². The molecule has 2 amide bonds. The number of ether oxygens (including phenoxy) is 2. The van der Waals surface area contributed by atoms with Gasteiger partial charge in [0, 0.05) is 38.3 Å². The highest BCUT2D eigenvalue weighted by molar-refractivity contribution is 7.80. The molecule has 176 valence electrons. The first-order chi connectivity index (χ1) is 16.0. The van der Waals surface area contributed by atoms with Crippen molar-refractivity contribution in [3.05, 3.63) is 59.7 Å². The summed E-state index contributed by atoms with van der Waals surface area (Å²) >= 11 is 5.34. The van der Waals surface area contributed by atoms with Crippen molar-refractivity contribution < 1.29 is 19.1 Å². The molecule has 1 saturated heterocycles. The second-order valence-corrected chi connectivity index (χ2v) is 8.03. The number of nitrogens with zero attached hydrogens (tertiary/aromatic N) is 2. The second-order valence-electron chi connectivity index (χ2n) is 7.62. The second kappa shape index (κ2) is 12.3. The van der Waals surface area contributed by atoms with Crippen LogP contribution in [0, 0.1) is 0 Å². The monoisotopic (exact) mass is 470 g/mol. The summed E-state index contributed by atoms with van der Waals surface area (Å²) in [5.41, 5.74) is 1.48. The lowest BCUT2D eigenvalue weighted by Crippen LogP contribution is -2.47. The van der Waals surface area contributed by atoms with Crippen molar-refractivity contribution in [1.29, 1.82) is 0 Å². The molecule has 2 N–H and O–H groups in total. The Morgan fingerprint density at radius 1 is 1.03 bits per heavy atom. The molecule has 2 aromatic carbocycles. The Morgan fingerprint density at radius 3 is 2.55 bits per heavy atom. The van der Waals surface area contributed by atoms with Crippen LogP contribution in [0.5, 0.6) is 5.75 Å². The van der Waals surface area contributed by atoms with Crippen molar-refractivity contribution in [2.45, 2.75) is 6.92 Å². The fourth-order valence-electron chi connectivity index (χ4n) is 3.38. The van der Waals surface area contributed by atoms with E-state index >= 15 is 0 Å². The number of para-hydroxylation sites is 1. The molecule has 9 heteroatoms. The maximum atomic E-state index is 13.0. The van der Waals surface area contributed by atoms with Crippen LogP contribution >= 0.6 is 12.2 Å². The van der Waals surface area contributed by atoms with Gasteiger partial charge in [-0.1, -0.05) is 18.2 Å². The Labute approximate surface area is 199 Å². The van der Waals surface area contributed by atoms with E-state index in [9.17, 15) is 9.59 Å². The van der Waals surface area contributed by atoms with Gasteiger partial charge in [0.1, 0.15) is 12.4 Å². The number of hydrogen-bond acceptors (Lipinski definition) is 6. The Bertz CT molecular complexity index is 976. The number of amides is 2. The number of hydrogen-bond donors (Lipinski definition) is 2. The number of carbonyl (C=O) groups excluding carboxylic acids is 2. The first-order valence-electron chi connectivity index (χ1n) is 11.0. The predicted molar refractivity (Wildman–Crippen MR) is 132 cm³/mol. The molecular formula is C24H30N4O4S. The van der Waals surface area contributed by atoms with E-state index in [1.54, 1.807) is 36.4 Å². The zero-order valence-electron chi connectivity index (χ0n) is 19.0. The molecule has 0 aromatic heterocycles. The number of rotatable bonds is 8. The van der Waals surface area contributed by atoms with Gasteiger partial charge in [-0.15, -0.1) is 0 Å². The van der Waals surface area contributed by atoms with E-state index in [1.165, 1.54) is 0 Å². The minimum Gasteiger partial charge on any atom is -0.491 e. The van der Waals surface area contributed by atoms with Gasteiger partial charge < -0.3 is 24.6 Å². The van der Waals surface area contributed by atoms with E-state index in [-0.39, 0.29) is 16.9 Å². The maximum absolute atomic E-state index is 13.0. The molecule has 0 spiro atoms. The van der Waals surface area contributed by atoms with Crippen LogP contribution < -0.4 is 15.4 Å². The van der Waals surface area contributed by atoms with Crippen molar-refractivity contribution in [3.63, 3.8) is 0 Å². The van der Waals surface area contributed by atoms with Crippen LogP contribution in [0.2, 0.25) is 0 Å². The summed E-state index contributed by atoms with van der Waals surface area (Å²) in [5.74, 6) is 0.146. The average molecular weight is 471 g/mol. The topological polar surface area (TPSA) is 83.1 Å².